The molecule has 1 aromatic carbocycles. The molecule has 0 spiro atoms. The zero-order chi connectivity index (χ0) is 8.27. The fourth-order valence-corrected chi connectivity index (χ4v) is 0.825. The molecule has 1 N–H and O–H groups in total. The SMILES string of the molecule is CN(C)c1ccc(N=N)cc1.[Na]. The van der Waals surface area contributed by atoms with Gasteiger partial charge in [0.15, 0.2) is 0 Å². The Morgan fingerprint density at radius 2 is 1.67 bits per heavy atom. The van der Waals surface area contributed by atoms with E-state index in [0.717, 1.165) is 5.69 Å². The Morgan fingerprint density at radius 3 is 2.00 bits per heavy atom. The van der Waals surface area contributed by atoms with Crippen LogP contribution in [0.15, 0.2) is 29.4 Å². The maximum absolute atomic E-state index is 6.73. The Kier molecular flexibility index (Phi) is 5.13. The molecular weight excluding hydrogens is 161 g/mol. The predicted molar refractivity (Wildman–Crippen MR) is 51.3 cm³/mol. The van der Waals surface area contributed by atoms with E-state index in [1.165, 1.54) is 0 Å². The summed E-state index contributed by atoms with van der Waals surface area (Å²) in [5.41, 5.74) is 8.55. The molecule has 0 unspecified atom stereocenters. The summed E-state index contributed by atoms with van der Waals surface area (Å²) < 4.78 is 0. The van der Waals surface area contributed by atoms with Crippen molar-refractivity contribution < 1.29 is 0 Å². The van der Waals surface area contributed by atoms with Crippen LogP contribution in [0.1, 0.15) is 0 Å². The zero-order valence-corrected chi connectivity index (χ0v) is 9.70. The molecule has 4 heteroatoms. The van der Waals surface area contributed by atoms with Crippen LogP contribution in [-0.2, 0) is 0 Å². The smallest absolute Gasteiger partial charge is 0.0851 e. The van der Waals surface area contributed by atoms with Gasteiger partial charge in [0.25, 0.3) is 0 Å². The molecule has 0 heterocycles. The summed E-state index contributed by atoms with van der Waals surface area (Å²) in [6, 6.07) is 7.52. The molecule has 0 saturated carbocycles. The average Bonchev–Trinajstić information content (AvgIpc) is 2.05. The fourth-order valence-electron chi connectivity index (χ4n) is 0.825. The third-order valence-corrected chi connectivity index (χ3v) is 1.50. The molecule has 0 atom stereocenters. The average molecular weight is 172 g/mol. The van der Waals surface area contributed by atoms with E-state index in [1.807, 2.05) is 43.3 Å². The van der Waals surface area contributed by atoms with E-state index in [9.17, 15) is 0 Å². The number of rotatable bonds is 2. The van der Waals surface area contributed by atoms with Gasteiger partial charge in [-0.3, -0.25) is 0 Å². The summed E-state index contributed by atoms with van der Waals surface area (Å²) >= 11 is 0. The largest absolute Gasteiger partial charge is 0.378 e. The molecule has 59 valence electrons. The summed E-state index contributed by atoms with van der Waals surface area (Å²) in [5, 5.41) is 3.30. The second-order valence-electron chi connectivity index (χ2n) is 2.52. The van der Waals surface area contributed by atoms with Gasteiger partial charge in [-0.2, -0.15) is 5.11 Å². The first-order valence-corrected chi connectivity index (χ1v) is 3.39. The van der Waals surface area contributed by atoms with Crippen molar-refractivity contribution in [2.75, 3.05) is 19.0 Å². The van der Waals surface area contributed by atoms with Crippen LogP contribution < -0.4 is 4.90 Å². The van der Waals surface area contributed by atoms with E-state index in [2.05, 4.69) is 5.11 Å². The molecular formula is C8H11N3Na. The number of benzene rings is 1. The maximum atomic E-state index is 6.73. The van der Waals surface area contributed by atoms with Crippen molar-refractivity contribution in [2.24, 2.45) is 5.11 Å². The quantitative estimate of drug-likeness (QED) is 0.538. The number of anilines is 1. The predicted octanol–water partition coefficient (Wildman–Crippen LogP) is 2.03. The molecule has 1 rings (SSSR count). The van der Waals surface area contributed by atoms with Crippen LogP contribution in [0.3, 0.4) is 0 Å². The summed E-state index contributed by atoms with van der Waals surface area (Å²) in [7, 11) is 3.96. The second kappa shape index (κ2) is 5.30. The molecule has 0 saturated heterocycles. The van der Waals surface area contributed by atoms with Gasteiger partial charge in [0.2, 0.25) is 0 Å². The fraction of sp³-hybridized carbons (Fsp3) is 0.250. The first-order chi connectivity index (χ1) is 5.24. The molecule has 0 bridgehead atoms. The first kappa shape index (κ1) is 11.6. The number of nitrogens with one attached hydrogen (secondary N) is 1. The third kappa shape index (κ3) is 2.93. The van der Waals surface area contributed by atoms with E-state index < -0.39 is 0 Å². The first-order valence-electron chi connectivity index (χ1n) is 3.39. The Hall–Kier alpha value is -0.380. The van der Waals surface area contributed by atoms with Crippen LogP contribution in [0.5, 0.6) is 0 Å². The Labute approximate surface area is 94.6 Å². The molecule has 0 aliphatic carbocycles. The topological polar surface area (TPSA) is 39.5 Å². The third-order valence-electron chi connectivity index (χ3n) is 1.50. The Bertz CT molecular complexity index is 243. The molecule has 0 aliphatic heterocycles. The van der Waals surface area contributed by atoms with Crippen LogP contribution in [0.25, 0.3) is 0 Å². The molecule has 0 amide bonds. The number of hydrogen-bond acceptors (Lipinski definition) is 3. The van der Waals surface area contributed by atoms with E-state index in [0.29, 0.717) is 5.69 Å². The van der Waals surface area contributed by atoms with Gasteiger partial charge in [-0.25, -0.2) is 5.53 Å². The van der Waals surface area contributed by atoms with E-state index >= 15 is 0 Å². The standard InChI is InChI=1S/C8H11N3.Na/c1-11(2)8-5-3-7(10-9)4-6-8;/h3-6,9H,1-2H3;. The van der Waals surface area contributed by atoms with Gasteiger partial charge >= 0.3 is 0 Å². The van der Waals surface area contributed by atoms with Gasteiger partial charge in [-0.1, -0.05) is 0 Å². The van der Waals surface area contributed by atoms with E-state index in [4.69, 9.17) is 5.53 Å². The van der Waals surface area contributed by atoms with E-state index in [-0.39, 0.29) is 29.6 Å². The van der Waals surface area contributed by atoms with Gasteiger partial charge in [-0.05, 0) is 24.3 Å². The maximum Gasteiger partial charge on any atom is 0.0851 e. The summed E-state index contributed by atoms with van der Waals surface area (Å²) in [6.45, 7) is 0. The molecule has 0 fully saturated rings. The van der Waals surface area contributed by atoms with Crippen molar-refractivity contribution in [3.05, 3.63) is 24.3 Å². The minimum absolute atomic E-state index is 0. The summed E-state index contributed by atoms with van der Waals surface area (Å²) in [5.74, 6) is 0. The molecule has 0 aromatic heterocycles. The van der Waals surface area contributed by atoms with Crippen molar-refractivity contribution in [1.29, 1.82) is 5.53 Å². The van der Waals surface area contributed by atoms with Crippen LogP contribution in [0.4, 0.5) is 11.4 Å². The van der Waals surface area contributed by atoms with E-state index in [1.54, 1.807) is 0 Å². The molecule has 0 aliphatic rings. The minimum Gasteiger partial charge on any atom is -0.378 e. The molecule has 3 nitrogen and oxygen atoms in total. The second-order valence-corrected chi connectivity index (χ2v) is 2.52. The van der Waals surface area contributed by atoms with Crippen molar-refractivity contribution >= 4 is 40.9 Å². The van der Waals surface area contributed by atoms with Gasteiger partial charge in [-0.15, -0.1) is 0 Å². The molecule has 1 radical (unpaired) electrons. The number of hydrogen-bond donors (Lipinski definition) is 1. The normalized spacial score (nSPS) is 8.50. The monoisotopic (exact) mass is 172 g/mol. The van der Waals surface area contributed by atoms with Gasteiger partial charge in [0, 0.05) is 49.3 Å². The van der Waals surface area contributed by atoms with Crippen molar-refractivity contribution in [1.82, 2.24) is 0 Å². The summed E-state index contributed by atoms with van der Waals surface area (Å²) in [6.07, 6.45) is 0. The van der Waals surface area contributed by atoms with Crippen LogP contribution in [-0.4, -0.2) is 43.7 Å². The molecule has 1 aromatic rings. The van der Waals surface area contributed by atoms with Gasteiger partial charge < -0.3 is 4.90 Å². The number of nitrogens with zero attached hydrogens (tertiary/aromatic N) is 2. The van der Waals surface area contributed by atoms with Crippen molar-refractivity contribution in [3.8, 4) is 0 Å². The Balaban J connectivity index is 0.00000121. The van der Waals surface area contributed by atoms with Crippen LogP contribution >= 0.6 is 0 Å². The molecule has 12 heavy (non-hydrogen) atoms. The van der Waals surface area contributed by atoms with Crippen molar-refractivity contribution in [3.63, 3.8) is 0 Å². The van der Waals surface area contributed by atoms with Gasteiger partial charge in [0.05, 0.1) is 5.69 Å². The minimum atomic E-state index is 0. The zero-order valence-electron chi connectivity index (χ0n) is 7.70. The summed E-state index contributed by atoms with van der Waals surface area (Å²) in [4.78, 5) is 2.01. The van der Waals surface area contributed by atoms with Crippen LogP contribution in [0, 0.1) is 5.53 Å². The van der Waals surface area contributed by atoms with Gasteiger partial charge in [0.1, 0.15) is 0 Å². The Morgan fingerprint density at radius 1 is 1.17 bits per heavy atom. The van der Waals surface area contributed by atoms with Crippen molar-refractivity contribution in [2.45, 2.75) is 0 Å². The van der Waals surface area contributed by atoms with Crippen LogP contribution in [0.2, 0.25) is 0 Å².